The number of halogens is 1. The molecule has 1 aliphatic rings. The fourth-order valence-electron chi connectivity index (χ4n) is 3.51. The van der Waals surface area contributed by atoms with Crippen LogP contribution in [0.3, 0.4) is 0 Å². The predicted octanol–water partition coefficient (Wildman–Crippen LogP) is 3.32. The lowest BCUT2D eigenvalue weighted by Gasteiger charge is -2.24. The van der Waals surface area contributed by atoms with Crippen molar-refractivity contribution < 1.29 is 9.47 Å². The first-order chi connectivity index (χ1) is 13.2. The summed E-state index contributed by atoms with van der Waals surface area (Å²) in [5.74, 6) is 3.41. The van der Waals surface area contributed by atoms with Crippen molar-refractivity contribution >= 4 is 29.9 Å². The van der Waals surface area contributed by atoms with Crippen LogP contribution in [0, 0.1) is 5.92 Å². The first-order valence-electron chi connectivity index (χ1n) is 10.1. The van der Waals surface area contributed by atoms with Crippen LogP contribution in [-0.4, -0.2) is 75.8 Å². The number of ether oxygens (including phenoxy) is 2. The Labute approximate surface area is 187 Å². The second-order valence-corrected chi connectivity index (χ2v) is 6.94. The van der Waals surface area contributed by atoms with E-state index in [1.54, 1.807) is 7.11 Å². The van der Waals surface area contributed by atoms with Gasteiger partial charge in [-0.15, -0.1) is 24.0 Å². The highest BCUT2D eigenvalue weighted by Gasteiger charge is 2.25. The van der Waals surface area contributed by atoms with Crippen LogP contribution in [0.2, 0.25) is 0 Å². The van der Waals surface area contributed by atoms with Crippen LogP contribution in [-0.2, 0) is 0 Å². The van der Waals surface area contributed by atoms with E-state index in [-0.39, 0.29) is 24.0 Å². The maximum absolute atomic E-state index is 5.80. The van der Waals surface area contributed by atoms with E-state index in [1.807, 2.05) is 31.3 Å². The van der Waals surface area contributed by atoms with Crippen LogP contribution < -0.4 is 14.8 Å². The maximum Gasteiger partial charge on any atom is 0.193 e. The van der Waals surface area contributed by atoms with Crippen molar-refractivity contribution in [2.45, 2.75) is 26.7 Å². The first kappa shape index (κ1) is 24.8. The second-order valence-electron chi connectivity index (χ2n) is 6.94. The van der Waals surface area contributed by atoms with E-state index in [1.165, 1.54) is 13.0 Å². The molecule has 1 unspecified atom stereocenters. The van der Waals surface area contributed by atoms with E-state index in [9.17, 15) is 0 Å². The number of methoxy groups -OCH3 is 1. The van der Waals surface area contributed by atoms with Crippen LogP contribution in [0.4, 0.5) is 0 Å². The zero-order chi connectivity index (χ0) is 19.5. The van der Waals surface area contributed by atoms with Crippen molar-refractivity contribution in [2.75, 3.05) is 60.0 Å². The van der Waals surface area contributed by atoms with Crippen molar-refractivity contribution in [3.63, 3.8) is 0 Å². The number of nitrogens with zero attached hydrogens (tertiary/aromatic N) is 3. The number of guanidine groups is 1. The van der Waals surface area contributed by atoms with Crippen LogP contribution >= 0.6 is 24.0 Å². The fraction of sp³-hybridized carbons (Fsp3) is 0.667. The minimum atomic E-state index is 0. The average molecular weight is 504 g/mol. The second kappa shape index (κ2) is 13.9. The number of hydrogen-bond donors (Lipinski definition) is 1. The van der Waals surface area contributed by atoms with Gasteiger partial charge in [0.15, 0.2) is 5.96 Å². The van der Waals surface area contributed by atoms with E-state index in [2.05, 4.69) is 34.0 Å². The third kappa shape index (κ3) is 8.03. The van der Waals surface area contributed by atoms with E-state index in [0.29, 0.717) is 6.61 Å². The molecule has 1 fully saturated rings. The Morgan fingerprint density at radius 2 is 2.04 bits per heavy atom. The van der Waals surface area contributed by atoms with Crippen LogP contribution in [0.1, 0.15) is 26.7 Å². The molecule has 1 N–H and O–H groups in total. The van der Waals surface area contributed by atoms with E-state index >= 15 is 0 Å². The van der Waals surface area contributed by atoms with Crippen molar-refractivity contribution in [2.24, 2.45) is 10.9 Å². The highest BCUT2D eigenvalue weighted by Crippen LogP contribution is 2.19. The standard InChI is InChI=1S/C21H36N4O2.HI/c1-5-24(6-2)16-18-11-13-25(17-18)21(22-3)23-12-8-14-27-20-10-7-9-19(15-20)26-4;/h7,9-10,15,18H,5-6,8,11-14,16-17H2,1-4H3,(H,22,23);1H. The molecule has 1 atom stereocenters. The Kier molecular flexibility index (Phi) is 12.3. The van der Waals surface area contributed by atoms with Gasteiger partial charge in [0.2, 0.25) is 0 Å². The van der Waals surface area contributed by atoms with Gasteiger partial charge in [0, 0.05) is 39.3 Å². The molecular formula is C21H37IN4O2. The van der Waals surface area contributed by atoms with Gasteiger partial charge in [0.1, 0.15) is 11.5 Å². The lowest BCUT2D eigenvalue weighted by atomic mass is 10.1. The lowest BCUT2D eigenvalue weighted by Crippen LogP contribution is -2.41. The van der Waals surface area contributed by atoms with Gasteiger partial charge in [-0.25, -0.2) is 0 Å². The molecular weight excluding hydrogens is 467 g/mol. The van der Waals surface area contributed by atoms with Gasteiger partial charge in [0.05, 0.1) is 13.7 Å². The Bertz CT molecular complexity index is 581. The summed E-state index contributed by atoms with van der Waals surface area (Å²) in [5.41, 5.74) is 0. The smallest absolute Gasteiger partial charge is 0.193 e. The minimum absolute atomic E-state index is 0. The van der Waals surface area contributed by atoms with Crippen molar-refractivity contribution in [1.29, 1.82) is 0 Å². The largest absolute Gasteiger partial charge is 0.497 e. The summed E-state index contributed by atoms with van der Waals surface area (Å²) in [6, 6.07) is 7.72. The molecule has 0 aromatic heterocycles. The molecule has 1 aromatic carbocycles. The fourth-order valence-corrected chi connectivity index (χ4v) is 3.51. The van der Waals surface area contributed by atoms with Crippen LogP contribution in [0.25, 0.3) is 0 Å². The van der Waals surface area contributed by atoms with Crippen LogP contribution in [0.5, 0.6) is 11.5 Å². The summed E-state index contributed by atoms with van der Waals surface area (Å²) >= 11 is 0. The number of aliphatic imine (C=N–C) groups is 1. The van der Waals surface area contributed by atoms with Gasteiger partial charge in [-0.2, -0.15) is 0 Å². The van der Waals surface area contributed by atoms with Gasteiger partial charge < -0.3 is 24.6 Å². The monoisotopic (exact) mass is 504 g/mol. The number of benzene rings is 1. The number of rotatable bonds is 10. The zero-order valence-electron chi connectivity index (χ0n) is 17.8. The molecule has 1 heterocycles. The molecule has 2 rings (SSSR count). The summed E-state index contributed by atoms with van der Waals surface area (Å²) in [7, 11) is 3.53. The van der Waals surface area contributed by atoms with E-state index < -0.39 is 0 Å². The van der Waals surface area contributed by atoms with E-state index in [4.69, 9.17) is 9.47 Å². The quantitative estimate of drug-likeness (QED) is 0.229. The third-order valence-electron chi connectivity index (χ3n) is 5.12. The summed E-state index contributed by atoms with van der Waals surface area (Å²) in [4.78, 5) is 9.36. The van der Waals surface area contributed by atoms with Crippen molar-refractivity contribution in [3.05, 3.63) is 24.3 Å². The molecule has 0 aliphatic carbocycles. The predicted molar refractivity (Wildman–Crippen MR) is 127 cm³/mol. The molecule has 28 heavy (non-hydrogen) atoms. The first-order valence-corrected chi connectivity index (χ1v) is 10.1. The normalized spacial score (nSPS) is 16.8. The Hall–Kier alpha value is -1.22. The molecule has 1 aromatic rings. The van der Waals surface area contributed by atoms with Gasteiger partial charge in [-0.3, -0.25) is 4.99 Å². The summed E-state index contributed by atoms with van der Waals surface area (Å²) < 4.78 is 11.0. The van der Waals surface area contributed by atoms with Crippen molar-refractivity contribution in [3.8, 4) is 11.5 Å². The lowest BCUT2D eigenvalue weighted by molar-refractivity contribution is 0.255. The molecule has 0 bridgehead atoms. The Morgan fingerprint density at radius 3 is 2.71 bits per heavy atom. The molecule has 1 saturated heterocycles. The summed E-state index contributed by atoms with van der Waals surface area (Å²) in [5, 5.41) is 3.48. The zero-order valence-corrected chi connectivity index (χ0v) is 20.1. The van der Waals surface area contributed by atoms with Gasteiger partial charge in [-0.05, 0) is 44.0 Å². The van der Waals surface area contributed by atoms with Gasteiger partial charge in [-0.1, -0.05) is 19.9 Å². The molecule has 0 spiro atoms. The van der Waals surface area contributed by atoms with Gasteiger partial charge >= 0.3 is 0 Å². The van der Waals surface area contributed by atoms with Crippen LogP contribution in [0.15, 0.2) is 29.3 Å². The highest BCUT2D eigenvalue weighted by atomic mass is 127. The topological polar surface area (TPSA) is 49.3 Å². The minimum Gasteiger partial charge on any atom is -0.497 e. The van der Waals surface area contributed by atoms with E-state index in [0.717, 1.165) is 62.5 Å². The molecule has 0 radical (unpaired) electrons. The summed E-state index contributed by atoms with van der Waals surface area (Å²) in [6.45, 7) is 11.6. The molecule has 0 saturated carbocycles. The molecule has 160 valence electrons. The Balaban J connectivity index is 0.00000392. The Morgan fingerprint density at radius 1 is 1.29 bits per heavy atom. The SMILES string of the molecule is CCN(CC)CC1CCN(C(=NC)NCCCOc2cccc(OC)c2)C1.I. The molecule has 0 amide bonds. The molecule has 1 aliphatic heterocycles. The molecule has 7 heteroatoms. The number of nitrogens with one attached hydrogen (secondary N) is 1. The third-order valence-corrected chi connectivity index (χ3v) is 5.12. The maximum atomic E-state index is 5.80. The number of likely N-dealkylation sites (tertiary alicyclic amines) is 1. The van der Waals surface area contributed by atoms with Gasteiger partial charge in [0.25, 0.3) is 0 Å². The van der Waals surface area contributed by atoms with Crippen molar-refractivity contribution in [1.82, 2.24) is 15.1 Å². The average Bonchev–Trinajstić information content (AvgIpc) is 3.17. The summed E-state index contributed by atoms with van der Waals surface area (Å²) in [6.07, 6.45) is 2.17. The molecule has 6 nitrogen and oxygen atoms in total. The number of hydrogen-bond acceptors (Lipinski definition) is 4. The highest BCUT2D eigenvalue weighted by molar-refractivity contribution is 14.0.